The molecule has 2 saturated heterocycles. The highest BCUT2D eigenvalue weighted by Gasteiger charge is 2.63. The van der Waals surface area contributed by atoms with Crippen molar-refractivity contribution in [1.82, 2.24) is 14.7 Å². The largest absolute Gasteiger partial charge is 0.493 e. The van der Waals surface area contributed by atoms with Gasteiger partial charge in [0, 0.05) is 59.1 Å². The molecule has 7 aliphatic rings. The summed E-state index contributed by atoms with van der Waals surface area (Å²) in [5.74, 6) is -0.177. The van der Waals surface area contributed by atoms with Crippen LogP contribution in [0.4, 0.5) is 13.2 Å². The zero-order valence-electron chi connectivity index (χ0n) is 41.1. The van der Waals surface area contributed by atoms with E-state index in [2.05, 4.69) is 35.1 Å². The Morgan fingerprint density at radius 3 is 2.40 bits per heavy atom. The molecule has 4 aromatic rings. The molecular weight excluding hydrogens is 970 g/mol. The van der Waals surface area contributed by atoms with Crippen LogP contribution in [-0.4, -0.2) is 111 Å². The summed E-state index contributed by atoms with van der Waals surface area (Å²) in [6.45, 7) is 12.2. The second-order valence-corrected chi connectivity index (χ2v) is 19.9. The van der Waals surface area contributed by atoms with Crippen molar-refractivity contribution in [1.29, 1.82) is 5.26 Å². The summed E-state index contributed by atoms with van der Waals surface area (Å²) in [6, 6.07) is 8.64. The Morgan fingerprint density at radius 1 is 0.945 bits per heavy atom. The van der Waals surface area contributed by atoms with Gasteiger partial charge in [-0.2, -0.15) is 18.4 Å². The molecule has 11 rings (SSSR count). The van der Waals surface area contributed by atoms with Crippen LogP contribution in [0, 0.1) is 25.2 Å². The number of halogens is 3. The molecule has 1 amide bonds. The van der Waals surface area contributed by atoms with Crippen molar-refractivity contribution in [2.24, 2.45) is 0 Å². The van der Waals surface area contributed by atoms with Crippen molar-refractivity contribution in [2.75, 3.05) is 60.2 Å². The van der Waals surface area contributed by atoms with Crippen LogP contribution in [0.1, 0.15) is 84.7 Å². The zero-order chi connectivity index (χ0) is 51.8. The number of nitriles is 1. The molecule has 2 fully saturated rings. The van der Waals surface area contributed by atoms with Gasteiger partial charge in [0.05, 0.1) is 43.2 Å². The summed E-state index contributed by atoms with van der Waals surface area (Å²) in [5, 5.41) is 10.6. The van der Waals surface area contributed by atoms with Gasteiger partial charge < -0.3 is 42.8 Å². The Labute approximate surface area is 424 Å². The van der Waals surface area contributed by atoms with Crippen molar-refractivity contribution in [3.05, 3.63) is 123 Å². The second kappa shape index (κ2) is 18.9. The number of piperazine rings is 1. The number of rotatable bonds is 10. The fourth-order valence-electron chi connectivity index (χ4n) is 12.1. The Hall–Kier alpha value is -6.88. The van der Waals surface area contributed by atoms with E-state index < -0.39 is 77.2 Å². The molecule has 15 nitrogen and oxygen atoms in total. The maximum Gasteiger partial charge on any atom is 0.416 e. The van der Waals surface area contributed by atoms with Gasteiger partial charge in [-0.1, -0.05) is 37.4 Å². The molecule has 0 N–H and O–H groups in total. The van der Waals surface area contributed by atoms with Gasteiger partial charge in [-0.15, -0.1) is 11.8 Å². The first-order valence-electron chi connectivity index (χ1n) is 23.7. The molecule has 0 unspecified atom stereocenters. The van der Waals surface area contributed by atoms with Crippen LogP contribution in [0.2, 0.25) is 0 Å². The second-order valence-electron chi connectivity index (χ2n) is 18.8. The van der Waals surface area contributed by atoms with Gasteiger partial charge in [0.25, 0.3) is 5.91 Å². The molecule has 73 heavy (non-hydrogen) atoms. The smallest absolute Gasteiger partial charge is 0.416 e. The van der Waals surface area contributed by atoms with E-state index in [0.29, 0.717) is 63.0 Å². The van der Waals surface area contributed by atoms with E-state index in [4.69, 9.17) is 37.9 Å². The Kier molecular flexibility index (Phi) is 12.8. The molecule has 0 saturated carbocycles. The number of fused-ring (bicyclic) bond motifs is 9. The summed E-state index contributed by atoms with van der Waals surface area (Å²) < 4.78 is 92.8. The van der Waals surface area contributed by atoms with Crippen LogP contribution < -0.4 is 33.2 Å². The minimum absolute atomic E-state index is 0.121. The molecule has 4 bridgehead atoms. The van der Waals surface area contributed by atoms with Crippen molar-refractivity contribution in [3.8, 4) is 46.3 Å². The van der Waals surface area contributed by atoms with Gasteiger partial charge in [-0.05, 0) is 86.3 Å². The van der Waals surface area contributed by atoms with Crippen LogP contribution in [0.25, 0.3) is 0 Å². The predicted molar refractivity (Wildman–Crippen MR) is 261 cm³/mol. The third-order valence-corrected chi connectivity index (χ3v) is 16.5. The zero-order valence-corrected chi connectivity index (χ0v) is 41.9. The average Bonchev–Trinajstić information content (AvgIpc) is 3.87. The molecule has 7 aliphatic heterocycles. The fraction of sp³-hybridized carbons (Fsp3) is 0.407. The first-order chi connectivity index (χ1) is 35.0. The molecule has 0 aliphatic carbocycles. The highest BCUT2D eigenvalue weighted by Crippen LogP contribution is 2.65. The Bertz CT molecular complexity index is 3030. The third-order valence-electron chi connectivity index (χ3n) is 15.0. The van der Waals surface area contributed by atoms with Gasteiger partial charge in [0.1, 0.15) is 31.6 Å². The average molecular weight is 1020 g/mol. The molecular formula is C54H53F3N4O11S. The normalized spacial score (nSPS) is 24.7. The number of likely N-dealkylation sites (N-methyl/N-ethyl adjacent to an activating group) is 1. The summed E-state index contributed by atoms with van der Waals surface area (Å²) in [4.78, 5) is 50.1. The van der Waals surface area contributed by atoms with Gasteiger partial charge in [-0.3, -0.25) is 19.4 Å². The van der Waals surface area contributed by atoms with Crippen LogP contribution in [0.15, 0.2) is 67.8 Å². The number of esters is 2. The minimum Gasteiger partial charge on any atom is -0.493 e. The number of methoxy groups -OCH3 is 2. The number of ether oxygens (including phenoxy) is 8. The summed E-state index contributed by atoms with van der Waals surface area (Å²) in [6.07, 6.45) is -0.964. The summed E-state index contributed by atoms with van der Waals surface area (Å²) in [7, 11) is 4.97. The maximum atomic E-state index is 15.9. The van der Waals surface area contributed by atoms with E-state index in [-0.39, 0.29) is 55.8 Å². The number of nitrogens with zero attached hydrogens (tertiary/aromatic N) is 4. The van der Waals surface area contributed by atoms with Crippen LogP contribution >= 0.6 is 11.8 Å². The lowest BCUT2D eigenvalue weighted by Crippen LogP contribution is -2.69. The highest BCUT2D eigenvalue weighted by atomic mass is 32.2. The van der Waals surface area contributed by atoms with Crippen LogP contribution in [-0.2, 0) is 38.9 Å². The van der Waals surface area contributed by atoms with Gasteiger partial charge in [0.2, 0.25) is 6.79 Å². The van der Waals surface area contributed by atoms with Crippen molar-refractivity contribution in [3.63, 3.8) is 0 Å². The quantitative estimate of drug-likeness (QED) is 0.0848. The van der Waals surface area contributed by atoms with E-state index in [9.17, 15) is 23.2 Å². The molecule has 1 spiro atoms. The number of aryl methyl sites for hydroxylation is 1. The Balaban J connectivity index is 1.26. The number of hydrogen-bond donors (Lipinski definition) is 0. The molecule has 0 radical (unpaired) electrons. The predicted octanol–water partition coefficient (Wildman–Crippen LogP) is 8.28. The molecule has 382 valence electrons. The van der Waals surface area contributed by atoms with E-state index in [0.717, 1.165) is 34.9 Å². The third kappa shape index (κ3) is 7.74. The van der Waals surface area contributed by atoms with Crippen LogP contribution in [0.3, 0.4) is 0 Å². The molecule has 4 aromatic carbocycles. The van der Waals surface area contributed by atoms with Gasteiger partial charge in [0.15, 0.2) is 40.0 Å². The van der Waals surface area contributed by atoms with Gasteiger partial charge in [-0.25, -0.2) is 4.79 Å². The Morgan fingerprint density at radius 2 is 1.70 bits per heavy atom. The topological polar surface area (TPSA) is 159 Å². The first kappa shape index (κ1) is 49.7. The monoisotopic (exact) mass is 1020 g/mol. The summed E-state index contributed by atoms with van der Waals surface area (Å²) >= 11 is 1.27. The van der Waals surface area contributed by atoms with Crippen LogP contribution in [0.5, 0.6) is 40.2 Å². The number of carbonyl (C=O) groups excluding carboxylic acids is 3. The van der Waals surface area contributed by atoms with Crippen molar-refractivity contribution < 1.29 is 65.4 Å². The lowest BCUT2D eigenvalue weighted by atomic mass is 9.71. The highest BCUT2D eigenvalue weighted by molar-refractivity contribution is 7.99. The number of amides is 1. The van der Waals surface area contributed by atoms with E-state index >= 15 is 9.59 Å². The number of thioether (sulfide) groups is 1. The van der Waals surface area contributed by atoms with Crippen molar-refractivity contribution in [2.45, 2.75) is 80.8 Å². The van der Waals surface area contributed by atoms with E-state index in [1.165, 1.54) is 36.8 Å². The number of alkyl halides is 3. The first-order valence-corrected chi connectivity index (χ1v) is 24.8. The summed E-state index contributed by atoms with van der Waals surface area (Å²) in [5.41, 5.74) is 1.61. The fourth-order valence-corrected chi connectivity index (χ4v) is 13.8. The standard InChI is InChI=1S/C54H53F3N4O11S/c1-9-16-67-39-21-30-14-15-60(51(63)31-12-11-13-33(19-31)54(55,56)57)53(34(30)22-38(39)65-7)25-73-50-42-41(49-47(70-26-71-49)28(4)46(42)72-29(5)62)37(24-69-52(53)64)61-36(23-58)35-20-32-18-27(3)45(66-8)48(68-17-10-2)40(32)43(44(50)61)59(35)6/h9-13,18-19,21-22,35-37,43-44,50H,1-2,14-17,20,24-26H2,3-8H3/t35-,36-,37-,43-,44+,50+,53+/m0/s1. The molecule has 7 atom stereocenters. The SMILES string of the molecule is C=CCOc1cc2c(cc1OC)[C@@]1(CS[C@@H]3c4c(OC(C)=O)c(C)c5c(c4[C@H](COC1=O)N1[C@@H]3[C@@H]3c4c(cc(C)c(OC)c4OCC=C)C[C@@H]([C@@H]1C#N)N3C)OCO5)N(C(=O)c1cccc(C(F)(F)F)c1)CC2. The van der Waals surface area contributed by atoms with E-state index in [1.54, 1.807) is 38.3 Å². The number of benzene rings is 4. The number of carbonyl (C=O) groups is 3. The number of hydrogen-bond acceptors (Lipinski definition) is 15. The molecule has 0 aromatic heterocycles. The minimum atomic E-state index is -4.78. The lowest BCUT2D eigenvalue weighted by molar-refractivity contribution is -0.162. The maximum absolute atomic E-state index is 15.9. The van der Waals surface area contributed by atoms with E-state index in [1.807, 2.05) is 14.0 Å². The molecule has 7 heterocycles. The molecule has 19 heteroatoms. The van der Waals surface area contributed by atoms with Gasteiger partial charge >= 0.3 is 18.1 Å². The van der Waals surface area contributed by atoms with Crippen molar-refractivity contribution >= 4 is 29.6 Å². The lowest BCUT2D eigenvalue weighted by Gasteiger charge is -2.62.